The minimum atomic E-state index is -4.19. The number of rotatable bonds is 3. The van der Waals surface area contributed by atoms with Crippen LogP contribution >= 0.6 is 0 Å². The van der Waals surface area contributed by atoms with Gasteiger partial charge < -0.3 is 10.6 Å². The van der Waals surface area contributed by atoms with Crippen molar-refractivity contribution in [2.45, 2.75) is 19.6 Å². The van der Waals surface area contributed by atoms with E-state index in [1.54, 1.807) is 19.1 Å². The van der Waals surface area contributed by atoms with Crippen LogP contribution in [0.4, 0.5) is 18.9 Å². The van der Waals surface area contributed by atoms with Gasteiger partial charge in [0.25, 0.3) is 0 Å². The highest BCUT2D eigenvalue weighted by Crippen LogP contribution is 2.24. The van der Waals surface area contributed by atoms with Gasteiger partial charge in [-0.25, -0.2) is 0 Å². The average Bonchev–Trinajstić information content (AvgIpc) is 2.14. The van der Waals surface area contributed by atoms with E-state index in [1.807, 2.05) is 6.07 Å². The maximum absolute atomic E-state index is 12.2. The fourth-order valence-electron chi connectivity index (χ4n) is 1.63. The summed E-state index contributed by atoms with van der Waals surface area (Å²) < 4.78 is 36.6. The Morgan fingerprint density at radius 1 is 1.31 bits per heavy atom. The van der Waals surface area contributed by atoms with Crippen LogP contribution in [0.25, 0.3) is 0 Å². The van der Waals surface area contributed by atoms with Gasteiger partial charge in [-0.3, -0.25) is 0 Å². The van der Waals surface area contributed by atoms with Crippen LogP contribution in [0, 0.1) is 6.92 Å². The first-order valence-corrected chi connectivity index (χ1v) is 4.91. The summed E-state index contributed by atoms with van der Waals surface area (Å²) in [6, 6.07) is 5.22. The van der Waals surface area contributed by atoms with Gasteiger partial charge in [0.05, 0.1) is 0 Å². The zero-order chi connectivity index (χ0) is 12.3. The van der Waals surface area contributed by atoms with Crippen molar-refractivity contribution in [1.29, 1.82) is 0 Å². The monoisotopic (exact) mass is 232 g/mol. The second-order valence-electron chi connectivity index (χ2n) is 3.80. The summed E-state index contributed by atoms with van der Waals surface area (Å²) in [4.78, 5) is 1.19. The quantitative estimate of drug-likeness (QED) is 0.867. The van der Waals surface area contributed by atoms with Gasteiger partial charge in [-0.05, 0) is 24.1 Å². The van der Waals surface area contributed by atoms with E-state index < -0.39 is 12.7 Å². The van der Waals surface area contributed by atoms with Crippen molar-refractivity contribution in [2.75, 3.05) is 18.5 Å². The Balaban J connectivity index is 2.88. The van der Waals surface area contributed by atoms with Gasteiger partial charge in [0.15, 0.2) is 0 Å². The molecule has 1 aromatic rings. The third-order valence-corrected chi connectivity index (χ3v) is 2.32. The van der Waals surface area contributed by atoms with E-state index in [-0.39, 0.29) is 0 Å². The smallest absolute Gasteiger partial charge is 0.366 e. The third kappa shape index (κ3) is 3.41. The zero-order valence-corrected chi connectivity index (χ0v) is 9.30. The first-order valence-electron chi connectivity index (χ1n) is 4.91. The predicted molar refractivity (Wildman–Crippen MR) is 58.4 cm³/mol. The van der Waals surface area contributed by atoms with E-state index in [0.29, 0.717) is 12.2 Å². The van der Waals surface area contributed by atoms with E-state index in [9.17, 15) is 13.2 Å². The summed E-state index contributed by atoms with van der Waals surface area (Å²) >= 11 is 0. The molecule has 1 aromatic carbocycles. The number of aryl methyl sites for hydroxylation is 1. The van der Waals surface area contributed by atoms with Crippen molar-refractivity contribution >= 4 is 5.69 Å². The van der Waals surface area contributed by atoms with Gasteiger partial charge in [-0.2, -0.15) is 13.2 Å². The molecule has 0 fully saturated rings. The van der Waals surface area contributed by atoms with Crippen molar-refractivity contribution in [1.82, 2.24) is 0 Å². The summed E-state index contributed by atoms with van der Waals surface area (Å²) in [6.07, 6.45) is -4.19. The molecule has 0 heterocycles. The standard InChI is InChI=1S/C11H15F3N2/c1-8-5-9(6-15)3-4-10(8)16(2)7-11(12,13)14/h3-5H,6-7,15H2,1-2H3. The van der Waals surface area contributed by atoms with Crippen molar-refractivity contribution in [3.8, 4) is 0 Å². The van der Waals surface area contributed by atoms with Gasteiger partial charge in [0.1, 0.15) is 6.54 Å². The maximum atomic E-state index is 12.2. The lowest BCUT2D eigenvalue weighted by molar-refractivity contribution is -0.119. The molecule has 16 heavy (non-hydrogen) atoms. The number of hydrogen-bond acceptors (Lipinski definition) is 2. The number of nitrogens with zero attached hydrogens (tertiary/aromatic N) is 1. The molecule has 2 N–H and O–H groups in total. The Morgan fingerprint density at radius 2 is 1.94 bits per heavy atom. The van der Waals surface area contributed by atoms with Crippen LogP contribution in [0.3, 0.4) is 0 Å². The number of nitrogens with two attached hydrogens (primary N) is 1. The van der Waals surface area contributed by atoms with Crippen LogP contribution in [0.1, 0.15) is 11.1 Å². The van der Waals surface area contributed by atoms with Gasteiger partial charge in [0, 0.05) is 19.3 Å². The van der Waals surface area contributed by atoms with Crippen LogP contribution in [0.15, 0.2) is 18.2 Å². The minimum absolute atomic E-state index is 0.393. The van der Waals surface area contributed by atoms with E-state index in [0.717, 1.165) is 11.1 Å². The molecule has 0 aliphatic carbocycles. The molecule has 2 nitrogen and oxygen atoms in total. The SMILES string of the molecule is Cc1cc(CN)ccc1N(C)CC(F)(F)F. The van der Waals surface area contributed by atoms with E-state index in [4.69, 9.17) is 5.73 Å². The van der Waals surface area contributed by atoms with Crippen molar-refractivity contribution in [3.05, 3.63) is 29.3 Å². The average molecular weight is 232 g/mol. The summed E-state index contributed by atoms with van der Waals surface area (Å²) in [7, 11) is 1.43. The number of halogens is 3. The zero-order valence-electron chi connectivity index (χ0n) is 9.30. The van der Waals surface area contributed by atoms with Gasteiger partial charge in [0.2, 0.25) is 0 Å². The van der Waals surface area contributed by atoms with Gasteiger partial charge in [-0.15, -0.1) is 0 Å². The minimum Gasteiger partial charge on any atom is -0.366 e. The molecule has 0 aromatic heterocycles. The topological polar surface area (TPSA) is 29.3 Å². The summed E-state index contributed by atoms with van der Waals surface area (Å²) in [5, 5.41) is 0. The van der Waals surface area contributed by atoms with Crippen LogP contribution in [-0.4, -0.2) is 19.8 Å². The molecule has 5 heteroatoms. The fraction of sp³-hybridized carbons (Fsp3) is 0.455. The molecule has 0 atom stereocenters. The highest BCUT2D eigenvalue weighted by atomic mass is 19.4. The lowest BCUT2D eigenvalue weighted by Crippen LogP contribution is -2.31. The Bertz CT molecular complexity index is 361. The molecular formula is C11H15F3N2. The lowest BCUT2D eigenvalue weighted by Gasteiger charge is -2.23. The molecule has 90 valence electrons. The molecule has 1 rings (SSSR count). The second kappa shape index (κ2) is 4.74. The lowest BCUT2D eigenvalue weighted by atomic mass is 10.1. The molecule has 0 aliphatic rings. The third-order valence-electron chi connectivity index (χ3n) is 2.32. The molecule has 0 aliphatic heterocycles. The van der Waals surface area contributed by atoms with Crippen LogP contribution in [0.2, 0.25) is 0 Å². The normalized spacial score (nSPS) is 11.6. The fourth-order valence-corrected chi connectivity index (χ4v) is 1.63. The maximum Gasteiger partial charge on any atom is 0.405 e. The molecule has 0 saturated heterocycles. The Labute approximate surface area is 92.9 Å². The van der Waals surface area contributed by atoms with E-state index in [1.165, 1.54) is 11.9 Å². The van der Waals surface area contributed by atoms with E-state index in [2.05, 4.69) is 0 Å². The van der Waals surface area contributed by atoms with Gasteiger partial charge in [-0.1, -0.05) is 12.1 Å². The molecule has 0 amide bonds. The Hall–Kier alpha value is -1.23. The largest absolute Gasteiger partial charge is 0.405 e. The molecule has 0 spiro atoms. The predicted octanol–water partition coefficient (Wildman–Crippen LogP) is 2.45. The van der Waals surface area contributed by atoms with Crippen LogP contribution in [0.5, 0.6) is 0 Å². The van der Waals surface area contributed by atoms with E-state index >= 15 is 0 Å². The van der Waals surface area contributed by atoms with Crippen molar-refractivity contribution in [3.63, 3.8) is 0 Å². The van der Waals surface area contributed by atoms with Gasteiger partial charge >= 0.3 is 6.18 Å². The van der Waals surface area contributed by atoms with Crippen molar-refractivity contribution in [2.24, 2.45) is 5.73 Å². The molecule has 0 radical (unpaired) electrons. The first-order chi connectivity index (χ1) is 7.33. The molecular weight excluding hydrogens is 217 g/mol. The number of benzene rings is 1. The van der Waals surface area contributed by atoms with Crippen molar-refractivity contribution < 1.29 is 13.2 Å². The molecule has 0 bridgehead atoms. The summed E-state index contributed by atoms with van der Waals surface area (Å²) in [6.45, 7) is 1.22. The van der Waals surface area contributed by atoms with Crippen LogP contribution in [-0.2, 0) is 6.54 Å². The number of anilines is 1. The summed E-state index contributed by atoms with van der Waals surface area (Å²) in [5.41, 5.74) is 7.75. The first kappa shape index (κ1) is 12.8. The second-order valence-corrected chi connectivity index (χ2v) is 3.80. The molecule has 0 unspecified atom stereocenters. The highest BCUT2D eigenvalue weighted by molar-refractivity contribution is 5.54. The number of alkyl halides is 3. The Kier molecular flexibility index (Phi) is 3.80. The molecule has 0 saturated carbocycles. The Morgan fingerprint density at radius 3 is 2.38 bits per heavy atom. The number of hydrogen-bond donors (Lipinski definition) is 1. The highest BCUT2D eigenvalue weighted by Gasteiger charge is 2.29. The van der Waals surface area contributed by atoms with Crippen LogP contribution < -0.4 is 10.6 Å². The summed E-state index contributed by atoms with van der Waals surface area (Å²) in [5.74, 6) is 0.